The zero-order valence-electron chi connectivity index (χ0n) is 15.8. The van der Waals surface area contributed by atoms with Crippen LogP contribution in [0.15, 0.2) is 30.3 Å². The first-order valence-corrected chi connectivity index (χ1v) is 9.26. The Labute approximate surface area is 159 Å². The van der Waals surface area contributed by atoms with Crippen molar-refractivity contribution in [2.24, 2.45) is 0 Å². The fourth-order valence-corrected chi connectivity index (χ4v) is 3.00. The van der Waals surface area contributed by atoms with Gasteiger partial charge < -0.3 is 20.1 Å². The predicted molar refractivity (Wildman–Crippen MR) is 103 cm³/mol. The van der Waals surface area contributed by atoms with Crippen LogP contribution in [0, 0.1) is 6.92 Å². The molecule has 27 heavy (non-hydrogen) atoms. The number of carbonyl (C=O) groups excluding carboxylic acids is 1. The first-order chi connectivity index (χ1) is 13.1. The van der Waals surface area contributed by atoms with Crippen LogP contribution in [0.5, 0.6) is 5.75 Å². The molecule has 1 atom stereocenters. The lowest BCUT2D eigenvalue weighted by molar-refractivity contribution is 0.0949. The van der Waals surface area contributed by atoms with Gasteiger partial charge in [-0.25, -0.2) is 9.97 Å². The second kappa shape index (κ2) is 9.32. The molecule has 2 aromatic rings. The van der Waals surface area contributed by atoms with E-state index in [4.69, 9.17) is 9.47 Å². The van der Waals surface area contributed by atoms with Crippen molar-refractivity contribution in [2.45, 2.75) is 32.3 Å². The van der Waals surface area contributed by atoms with Gasteiger partial charge in [-0.1, -0.05) is 12.1 Å². The van der Waals surface area contributed by atoms with Gasteiger partial charge in [0.2, 0.25) is 0 Å². The first kappa shape index (κ1) is 19.1. The molecular formula is C20H26N4O3. The minimum atomic E-state index is -0.200. The topological polar surface area (TPSA) is 85.4 Å². The third-order valence-electron chi connectivity index (χ3n) is 4.46. The maximum Gasteiger partial charge on any atom is 0.270 e. The Kier molecular flexibility index (Phi) is 6.59. The molecule has 7 heteroatoms. The maximum atomic E-state index is 12.4. The molecule has 2 N–H and O–H groups in total. The van der Waals surface area contributed by atoms with E-state index in [1.165, 1.54) is 0 Å². The number of rotatable bonds is 8. The second-order valence-electron chi connectivity index (χ2n) is 6.56. The number of nitrogens with one attached hydrogen (secondary N) is 2. The summed E-state index contributed by atoms with van der Waals surface area (Å²) in [6, 6.07) is 9.50. The SMILES string of the molecule is COc1ccc(CCNC(=O)c2cc(NCC3CCCO3)nc(C)n2)cc1. The largest absolute Gasteiger partial charge is 0.497 e. The number of carbonyl (C=O) groups is 1. The van der Waals surface area contributed by atoms with Crippen LogP contribution >= 0.6 is 0 Å². The van der Waals surface area contributed by atoms with E-state index >= 15 is 0 Å². The summed E-state index contributed by atoms with van der Waals surface area (Å²) in [6.45, 7) is 3.82. The van der Waals surface area contributed by atoms with Crippen molar-refractivity contribution in [3.8, 4) is 5.75 Å². The molecule has 0 saturated carbocycles. The number of anilines is 1. The molecule has 1 amide bonds. The van der Waals surface area contributed by atoms with Crippen LogP contribution < -0.4 is 15.4 Å². The number of methoxy groups -OCH3 is 1. The smallest absolute Gasteiger partial charge is 0.270 e. The summed E-state index contributed by atoms with van der Waals surface area (Å²) in [7, 11) is 1.64. The van der Waals surface area contributed by atoms with E-state index in [-0.39, 0.29) is 12.0 Å². The summed E-state index contributed by atoms with van der Waals surface area (Å²) in [6.07, 6.45) is 3.10. The molecule has 0 bridgehead atoms. The molecular weight excluding hydrogens is 344 g/mol. The Bertz CT molecular complexity index is 758. The van der Waals surface area contributed by atoms with Gasteiger partial charge in [0.1, 0.15) is 23.1 Å². The van der Waals surface area contributed by atoms with E-state index in [1.807, 2.05) is 24.3 Å². The molecule has 1 aromatic carbocycles. The Hall–Kier alpha value is -2.67. The summed E-state index contributed by atoms with van der Waals surface area (Å²) < 4.78 is 10.7. The van der Waals surface area contributed by atoms with Crippen LogP contribution in [0.3, 0.4) is 0 Å². The molecule has 1 saturated heterocycles. The normalized spacial score (nSPS) is 16.1. The van der Waals surface area contributed by atoms with Crippen LogP contribution in [-0.2, 0) is 11.2 Å². The number of ether oxygens (including phenoxy) is 2. The average Bonchev–Trinajstić information content (AvgIpc) is 3.20. The third-order valence-corrected chi connectivity index (χ3v) is 4.46. The molecule has 1 aliphatic heterocycles. The fraction of sp³-hybridized carbons (Fsp3) is 0.450. The molecule has 0 spiro atoms. The number of hydrogen-bond acceptors (Lipinski definition) is 6. The molecule has 0 aliphatic carbocycles. The lowest BCUT2D eigenvalue weighted by Gasteiger charge is -2.12. The number of amides is 1. The molecule has 1 fully saturated rings. The van der Waals surface area contributed by atoms with E-state index in [9.17, 15) is 4.79 Å². The Morgan fingerprint density at radius 3 is 2.81 bits per heavy atom. The number of hydrogen-bond donors (Lipinski definition) is 2. The molecule has 3 rings (SSSR count). The lowest BCUT2D eigenvalue weighted by Crippen LogP contribution is -2.27. The number of aromatic nitrogens is 2. The minimum Gasteiger partial charge on any atom is -0.497 e. The molecule has 7 nitrogen and oxygen atoms in total. The van der Waals surface area contributed by atoms with Gasteiger partial charge in [-0.15, -0.1) is 0 Å². The Morgan fingerprint density at radius 1 is 1.30 bits per heavy atom. The highest BCUT2D eigenvalue weighted by Gasteiger charge is 2.16. The third kappa shape index (κ3) is 5.65. The van der Waals surface area contributed by atoms with E-state index < -0.39 is 0 Å². The summed E-state index contributed by atoms with van der Waals surface area (Å²) in [4.78, 5) is 21.0. The minimum absolute atomic E-state index is 0.200. The average molecular weight is 370 g/mol. The molecule has 1 aliphatic rings. The van der Waals surface area contributed by atoms with Gasteiger partial charge in [0.15, 0.2) is 0 Å². The zero-order chi connectivity index (χ0) is 19.1. The standard InChI is InChI=1S/C20H26N4O3/c1-14-23-18(12-19(24-14)22-13-17-4-3-11-27-17)20(25)21-10-9-15-5-7-16(26-2)8-6-15/h5-8,12,17H,3-4,9-11,13H2,1-2H3,(H,21,25)(H,22,23,24). The van der Waals surface area contributed by atoms with Gasteiger partial charge in [0, 0.05) is 25.8 Å². The molecule has 2 heterocycles. The summed E-state index contributed by atoms with van der Waals surface area (Å²) in [5, 5.41) is 6.16. The highest BCUT2D eigenvalue weighted by Crippen LogP contribution is 2.14. The van der Waals surface area contributed by atoms with Gasteiger partial charge >= 0.3 is 0 Å². The Balaban J connectivity index is 1.52. The first-order valence-electron chi connectivity index (χ1n) is 9.26. The van der Waals surface area contributed by atoms with Crippen molar-refractivity contribution in [1.82, 2.24) is 15.3 Å². The van der Waals surface area contributed by atoms with Crippen LogP contribution in [0.4, 0.5) is 5.82 Å². The van der Waals surface area contributed by atoms with Crippen molar-refractivity contribution in [1.29, 1.82) is 0 Å². The predicted octanol–water partition coefficient (Wildman–Crippen LogP) is 2.36. The molecule has 1 aromatic heterocycles. The van der Waals surface area contributed by atoms with E-state index in [2.05, 4.69) is 20.6 Å². The van der Waals surface area contributed by atoms with Crippen LogP contribution in [0.25, 0.3) is 0 Å². The van der Waals surface area contributed by atoms with Crippen molar-refractivity contribution in [3.63, 3.8) is 0 Å². The van der Waals surface area contributed by atoms with Gasteiger partial charge in [0.05, 0.1) is 13.2 Å². The summed E-state index contributed by atoms with van der Waals surface area (Å²) in [5.74, 6) is 1.84. The van der Waals surface area contributed by atoms with Crippen LogP contribution in [0.2, 0.25) is 0 Å². The molecule has 144 valence electrons. The van der Waals surface area contributed by atoms with Crippen molar-refractivity contribution in [3.05, 3.63) is 47.4 Å². The second-order valence-corrected chi connectivity index (χ2v) is 6.56. The van der Waals surface area contributed by atoms with Gasteiger partial charge in [-0.05, 0) is 43.9 Å². The van der Waals surface area contributed by atoms with Gasteiger partial charge in [-0.3, -0.25) is 4.79 Å². The monoisotopic (exact) mass is 370 g/mol. The van der Waals surface area contributed by atoms with Crippen LogP contribution in [-0.4, -0.2) is 48.8 Å². The van der Waals surface area contributed by atoms with Crippen molar-refractivity contribution < 1.29 is 14.3 Å². The van der Waals surface area contributed by atoms with Crippen molar-refractivity contribution >= 4 is 11.7 Å². The fourth-order valence-electron chi connectivity index (χ4n) is 3.00. The highest BCUT2D eigenvalue weighted by molar-refractivity contribution is 5.92. The van der Waals surface area contributed by atoms with E-state index in [0.29, 0.717) is 30.4 Å². The van der Waals surface area contributed by atoms with Crippen LogP contribution in [0.1, 0.15) is 34.7 Å². The Morgan fingerprint density at radius 2 is 2.11 bits per heavy atom. The highest BCUT2D eigenvalue weighted by atomic mass is 16.5. The zero-order valence-corrected chi connectivity index (χ0v) is 15.8. The quantitative estimate of drug-likeness (QED) is 0.742. The number of benzene rings is 1. The van der Waals surface area contributed by atoms with E-state index in [0.717, 1.165) is 37.2 Å². The van der Waals surface area contributed by atoms with Gasteiger partial charge in [-0.2, -0.15) is 0 Å². The lowest BCUT2D eigenvalue weighted by atomic mass is 10.1. The number of nitrogens with zero attached hydrogens (tertiary/aromatic N) is 2. The van der Waals surface area contributed by atoms with Crippen molar-refractivity contribution in [2.75, 3.05) is 32.1 Å². The summed E-state index contributed by atoms with van der Waals surface area (Å²) >= 11 is 0. The van der Waals surface area contributed by atoms with Gasteiger partial charge in [0.25, 0.3) is 5.91 Å². The maximum absolute atomic E-state index is 12.4. The molecule has 1 unspecified atom stereocenters. The number of aryl methyl sites for hydroxylation is 1. The summed E-state index contributed by atoms with van der Waals surface area (Å²) in [5.41, 5.74) is 1.50. The van der Waals surface area contributed by atoms with E-state index in [1.54, 1.807) is 20.1 Å². The molecule has 0 radical (unpaired) electrons.